The van der Waals surface area contributed by atoms with Gasteiger partial charge in [-0.2, -0.15) is 0 Å². The van der Waals surface area contributed by atoms with E-state index < -0.39 is 0 Å². The minimum atomic E-state index is 1.05. The molecule has 0 aliphatic rings. The number of hydrogen-bond acceptors (Lipinski definition) is 2. The Labute approximate surface area is 89.5 Å². The van der Waals surface area contributed by atoms with Crippen LogP contribution in [0.4, 0.5) is 0 Å². The molecule has 0 unspecified atom stereocenters. The van der Waals surface area contributed by atoms with Crippen molar-refractivity contribution in [3.63, 3.8) is 0 Å². The number of allylic oxidation sites excluding steroid dienone is 5. The molecule has 14 heavy (non-hydrogen) atoms. The van der Waals surface area contributed by atoms with Crippen molar-refractivity contribution in [2.45, 2.75) is 20.8 Å². The molecule has 0 bridgehead atoms. The Kier molecular flexibility index (Phi) is 3.84. The number of thiazole rings is 1. The molecule has 0 spiro atoms. The summed E-state index contributed by atoms with van der Waals surface area (Å²) in [5.41, 5.74) is 3.25. The molecule has 0 N–H and O–H groups in total. The summed E-state index contributed by atoms with van der Waals surface area (Å²) in [5, 5.41) is 3.18. The molecule has 1 heterocycles. The third kappa shape index (κ3) is 2.96. The van der Waals surface area contributed by atoms with Gasteiger partial charge in [-0.15, -0.1) is 11.3 Å². The first kappa shape index (κ1) is 10.9. The number of nitrogens with zero attached hydrogens (tertiary/aromatic N) is 1. The zero-order chi connectivity index (χ0) is 10.6. The molecule has 0 aliphatic heterocycles. The molecule has 1 aromatic rings. The molecule has 0 saturated heterocycles. The van der Waals surface area contributed by atoms with E-state index in [0.717, 1.165) is 21.8 Å². The van der Waals surface area contributed by atoms with Crippen LogP contribution in [0.3, 0.4) is 0 Å². The molecule has 74 valence electrons. The molecule has 2 heteroatoms. The van der Waals surface area contributed by atoms with Crippen LogP contribution in [0.1, 0.15) is 24.5 Å². The van der Waals surface area contributed by atoms with Gasteiger partial charge < -0.3 is 0 Å². The second kappa shape index (κ2) is 4.91. The van der Waals surface area contributed by atoms with Crippen molar-refractivity contribution >= 4 is 16.9 Å². The summed E-state index contributed by atoms with van der Waals surface area (Å²) in [6, 6.07) is 0. The first-order valence-corrected chi connectivity index (χ1v) is 5.44. The van der Waals surface area contributed by atoms with Gasteiger partial charge >= 0.3 is 0 Å². The minimum Gasteiger partial charge on any atom is -0.242 e. The van der Waals surface area contributed by atoms with Gasteiger partial charge in [-0.1, -0.05) is 30.4 Å². The van der Waals surface area contributed by atoms with Crippen LogP contribution in [0, 0.1) is 6.92 Å². The second-order valence-corrected chi connectivity index (χ2v) is 4.24. The fourth-order valence-electron chi connectivity index (χ4n) is 1.06. The fourth-order valence-corrected chi connectivity index (χ4v) is 1.68. The van der Waals surface area contributed by atoms with E-state index in [1.807, 2.05) is 26.8 Å². The summed E-state index contributed by atoms with van der Waals surface area (Å²) in [5.74, 6) is 0. The summed E-state index contributed by atoms with van der Waals surface area (Å²) < 4.78 is 0. The lowest BCUT2D eigenvalue weighted by Crippen LogP contribution is -1.80. The van der Waals surface area contributed by atoms with Gasteiger partial charge in [0, 0.05) is 5.38 Å². The summed E-state index contributed by atoms with van der Waals surface area (Å²) in [4.78, 5) is 4.43. The van der Waals surface area contributed by atoms with E-state index in [1.165, 1.54) is 0 Å². The predicted molar refractivity (Wildman–Crippen MR) is 64.5 cm³/mol. The molecule has 0 fully saturated rings. The van der Waals surface area contributed by atoms with Crippen molar-refractivity contribution in [1.82, 2.24) is 4.98 Å². The van der Waals surface area contributed by atoms with Gasteiger partial charge in [-0.25, -0.2) is 4.98 Å². The Balaban J connectivity index is 2.89. The molecule has 0 aromatic carbocycles. The van der Waals surface area contributed by atoms with E-state index in [2.05, 4.69) is 29.1 Å². The average molecular weight is 205 g/mol. The van der Waals surface area contributed by atoms with Crippen molar-refractivity contribution in [2.24, 2.45) is 0 Å². The van der Waals surface area contributed by atoms with Crippen LogP contribution < -0.4 is 0 Å². The van der Waals surface area contributed by atoms with E-state index in [-0.39, 0.29) is 0 Å². The third-order valence-electron chi connectivity index (χ3n) is 1.77. The Bertz CT molecular complexity index is 383. The SMILES string of the molecule is C=C(C)/C=C\C(=C/C)c1csc(C)n1. The lowest BCUT2D eigenvalue weighted by Gasteiger charge is -1.95. The average Bonchev–Trinajstić information content (AvgIpc) is 2.53. The Hall–Kier alpha value is -1.15. The normalized spacial score (nSPS) is 12.4. The summed E-state index contributed by atoms with van der Waals surface area (Å²) in [6.45, 7) is 9.85. The first-order chi connectivity index (χ1) is 6.63. The van der Waals surface area contributed by atoms with E-state index in [1.54, 1.807) is 11.3 Å². The van der Waals surface area contributed by atoms with Gasteiger partial charge in [-0.3, -0.25) is 0 Å². The first-order valence-electron chi connectivity index (χ1n) is 4.56. The van der Waals surface area contributed by atoms with Crippen molar-refractivity contribution in [3.05, 3.63) is 46.5 Å². The van der Waals surface area contributed by atoms with Gasteiger partial charge in [0.15, 0.2) is 0 Å². The lowest BCUT2D eigenvalue weighted by atomic mass is 10.1. The van der Waals surface area contributed by atoms with Gasteiger partial charge in [0.25, 0.3) is 0 Å². The molecule has 0 aliphatic carbocycles. The highest BCUT2D eigenvalue weighted by atomic mass is 32.1. The van der Waals surface area contributed by atoms with Crippen LogP contribution in [0.5, 0.6) is 0 Å². The van der Waals surface area contributed by atoms with Crippen LogP contribution in [-0.2, 0) is 0 Å². The zero-order valence-corrected chi connectivity index (χ0v) is 9.69. The third-order valence-corrected chi connectivity index (χ3v) is 2.55. The van der Waals surface area contributed by atoms with Gasteiger partial charge in [0.05, 0.1) is 10.7 Å². The molecular weight excluding hydrogens is 190 g/mol. The second-order valence-electron chi connectivity index (χ2n) is 3.18. The lowest BCUT2D eigenvalue weighted by molar-refractivity contribution is 1.26. The monoisotopic (exact) mass is 205 g/mol. The van der Waals surface area contributed by atoms with Gasteiger partial charge in [-0.05, 0) is 26.3 Å². The smallest absolute Gasteiger partial charge is 0.0901 e. The molecule has 0 atom stereocenters. The highest BCUT2D eigenvalue weighted by Crippen LogP contribution is 2.18. The van der Waals surface area contributed by atoms with Crippen LogP contribution in [-0.4, -0.2) is 4.98 Å². The summed E-state index contributed by atoms with van der Waals surface area (Å²) >= 11 is 1.67. The molecule has 0 radical (unpaired) electrons. The topological polar surface area (TPSA) is 12.9 Å². The number of aromatic nitrogens is 1. The highest BCUT2D eigenvalue weighted by molar-refractivity contribution is 7.09. The van der Waals surface area contributed by atoms with Crippen LogP contribution in [0.25, 0.3) is 5.57 Å². The minimum absolute atomic E-state index is 1.05. The molecular formula is C12H15NS. The highest BCUT2D eigenvalue weighted by Gasteiger charge is 2.00. The maximum Gasteiger partial charge on any atom is 0.0901 e. The molecule has 0 amide bonds. The van der Waals surface area contributed by atoms with Crippen molar-refractivity contribution in [2.75, 3.05) is 0 Å². The van der Waals surface area contributed by atoms with Crippen molar-refractivity contribution in [3.8, 4) is 0 Å². The predicted octanol–water partition coefficient (Wildman–Crippen LogP) is 3.99. The largest absolute Gasteiger partial charge is 0.242 e. The van der Waals surface area contributed by atoms with Crippen LogP contribution in [0.2, 0.25) is 0 Å². The Morgan fingerprint density at radius 1 is 1.50 bits per heavy atom. The van der Waals surface area contributed by atoms with E-state index in [4.69, 9.17) is 0 Å². The quantitative estimate of drug-likeness (QED) is 0.680. The summed E-state index contributed by atoms with van der Waals surface area (Å²) in [7, 11) is 0. The maximum atomic E-state index is 4.43. The van der Waals surface area contributed by atoms with E-state index in [9.17, 15) is 0 Å². The van der Waals surface area contributed by atoms with Crippen LogP contribution >= 0.6 is 11.3 Å². The number of rotatable bonds is 3. The number of aryl methyl sites for hydroxylation is 1. The van der Waals surface area contributed by atoms with Crippen LogP contribution in [0.15, 0.2) is 35.8 Å². The van der Waals surface area contributed by atoms with E-state index >= 15 is 0 Å². The molecule has 1 rings (SSSR count). The number of hydrogen-bond donors (Lipinski definition) is 0. The van der Waals surface area contributed by atoms with Crippen molar-refractivity contribution in [1.29, 1.82) is 0 Å². The Morgan fingerprint density at radius 3 is 2.64 bits per heavy atom. The molecule has 1 nitrogen and oxygen atoms in total. The fraction of sp³-hybridized carbons (Fsp3) is 0.250. The van der Waals surface area contributed by atoms with Crippen molar-refractivity contribution < 1.29 is 0 Å². The van der Waals surface area contributed by atoms with Gasteiger partial charge in [0.1, 0.15) is 0 Å². The molecule has 0 saturated carbocycles. The van der Waals surface area contributed by atoms with Gasteiger partial charge in [0.2, 0.25) is 0 Å². The Morgan fingerprint density at radius 2 is 2.21 bits per heavy atom. The summed E-state index contributed by atoms with van der Waals surface area (Å²) in [6.07, 6.45) is 6.12. The maximum absolute atomic E-state index is 4.43. The zero-order valence-electron chi connectivity index (χ0n) is 8.87. The molecule has 1 aromatic heterocycles. The van der Waals surface area contributed by atoms with E-state index in [0.29, 0.717) is 0 Å². The standard InChI is InChI=1S/C12H15NS/c1-5-11(7-6-9(2)3)12-8-14-10(4)13-12/h5-8H,2H2,1,3-4H3/b7-6-,11-5+.